The van der Waals surface area contributed by atoms with Gasteiger partial charge in [-0.2, -0.15) is 0 Å². The molecule has 1 atom stereocenters. The highest BCUT2D eigenvalue weighted by Gasteiger charge is 2.23. The quantitative estimate of drug-likeness (QED) is 0.742. The molecule has 14 heavy (non-hydrogen) atoms. The lowest BCUT2D eigenvalue weighted by molar-refractivity contribution is 0.148. The first-order chi connectivity index (χ1) is 6.77. The molecule has 1 rings (SSSR count). The SMILES string of the molecule is CCOC(=O)NCC1CCCN1CC. The highest BCUT2D eigenvalue weighted by Crippen LogP contribution is 2.15. The number of nitrogens with zero attached hydrogens (tertiary/aromatic N) is 1. The molecular formula is C10H20N2O2. The third kappa shape index (κ3) is 3.18. The van der Waals surface area contributed by atoms with Crippen molar-refractivity contribution in [2.75, 3.05) is 26.2 Å². The number of amides is 1. The molecule has 1 aliphatic heterocycles. The zero-order valence-corrected chi connectivity index (χ0v) is 9.08. The number of rotatable bonds is 4. The lowest BCUT2D eigenvalue weighted by Crippen LogP contribution is -2.40. The second kappa shape index (κ2) is 5.86. The molecule has 0 bridgehead atoms. The van der Waals surface area contributed by atoms with Crippen molar-refractivity contribution in [1.29, 1.82) is 0 Å². The Morgan fingerprint density at radius 1 is 1.57 bits per heavy atom. The fourth-order valence-corrected chi connectivity index (χ4v) is 1.93. The molecule has 1 heterocycles. The van der Waals surface area contributed by atoms with Crippen LogP contribution in [0.4, 0.5) is 4.79 Å². The number of nitrogens with one attached hydrogen (secondary N) is 1. The van der Waals surface area contributed by atoms with Crippen LogP contribution in [-0.2, 0) is 4.74 Å². The number of alkyl carbamates (subject to hydrolysis) is 1. The summed E-state index contributed by atoms with van der Waals surface area (Å²) in [7, 11) is 0. The molecule has 0 aromatic rings. The smallest absolute Gasteiger partial charge is 0.407 e. The highest BCUT2D eigenvalue weighted by atomic mass is 16.5. The molecule has 1 aliphatic rings. The van der Waals surface area contributed by atoms with E-state index in [-0.39, 0.29) is 6.09 Å². The van der Waals surface area contributed by atoms with Gasteiger partial charge in [0, 0.05) is 12.6 Å². The summed E-state index contributed by atoms with van der Waals surface area (Å²) in [5, 5.41) is 2.79. The summed E-state index contributed by atoms with van der Waals surface area (Å²) >= 11 is 0. The van der Waals surface area contributed by atoms with E-state index in [1.165, 1.54) is 12.8 Å². The van der Waals surface area contributed by atoms with E-state index in [0.29, 0.717) is 19.2 Å². The van der Waals surface area contributed by atoms with Gasteiger partial charge in [-0.15, -0.1) is 0 Å². The summed E-state index contributed by atoms with van der Waals surface area (Å²) in [5.41, 5.74) is 0. The Labute approximate surface area is 85.6 Å². The minimum atomic E-state index is -0.296. The Bertz CT molecular complexity index is 185. The average Bonchev–Trinajstić information content (AvgIpc) is 2.62. The number of hydrogen-bond acceptors (Lipinski definition) is 3. The molecule has 4 nitrogen and oxygen atoms in total. The van der Waals surface area contributed by atoms with E-state index >= 15 is 0 Å². The Hall–Kier alpha value is -0.770. The van der Waals surface area contributed by atoms with Crippen LogP contribution in [0.5, 0.6) is 0 Å². The van der Waals surface area contributed by atoms with Crippen LogP contribution in [0.25, 0.3) is 0 Å². The van der Waals surface area contributed by atoms with Crippen LogP contribution in [-0.4, -0.2) is 43.3 Å². The first kappa shape index (κ1) is 11.3. The van der Waals surface area contributed by atoms with Crippen molar-refractivity contribution in [3.05, 3.63) is 0 Å². The Balaban J connectivity index is 2.20. The fraction of sp³-hybridized carbons (Fsp3) is 0.900. The predicted octanol–water partition coefficient (Wildman–Crippen LogP) is 1.22. The molecular weight excluding hydrogens is 180 g/mol. The van der Waals surface area contributed by atoms with Gasteiger partial charge >= 0.3 is 6.09 Å². The molecule has 0 aromatic heterocycles. The standard InChI is InChI=1S/C10H20N2O2/c1-3-12-7-5-6-9(12)8-11-10(13)14-4-2/h9H,3-8H2,1-2H3,(H,11,13). The molecule has 0 radical (unpaired) electrons. The number of carbonyl (C=O) groups excluding carboxylic acids is 1. The van der Waals surface area contributed by atoms with Crippen LogP contribution in [0.15, 0.2) is 0 Å². The number of carbonyl (C=O) groups is 1. The Morgan fingerprint density at radius 3 is 3.00 bits per heavy atom. The van der Waals surface area contributed by atoms with E-state index in [1.54, 1.807) is 0 Å². The molecule has 1 amide bonds. The summed E-state index contributed by atoms with van der Waals surface area (Å²) in [6.07, 6.45) is 2.12. The molecule has 4 heteroatoms. The molecule has 0 spiro atoms. The van der Waals surface area contributed by atoms with E-state index in [4.69, 9.17) is 4.74 Å². The lowest BCUT2D eigenvalue weighted by Gasteiger charge is -2.22. The van der Waals surface area contributed by atoms with Crippen molar-refractivity contribution in [2.24, 2.45) is 0 Å². The van der Waals surface area contributed by atoms with Gasteiger partial charge in [-0.05, 0) is 32.9 Å². The number of likely N-dealkylation sites (tertiary alicyclic amines) is 1. The minimum Gasteiger partial charge on any atom is -0.450 e. The van der Waals surface area contributed by atoms with Gasteiger partial charge in [0.15, 0.2) is 0 Å². The molecule has 1 fully saturated rings. The number of ether oxygens (including phenoxy) is 1. The summed E-state index contributed by atoms with van der Waals surface area (Å²) in [6.45, 7) is 7.34. The summed E-state index contributed by atoms with van der Waals surface area (Å²) < 4.78 is 4.80. The second-order valence-electron chi connectivity index (χ2n) is 3.53. The molecule has 0 saturated carbocycles. The van der Waals surface area contributed by atoms with Gasteiger partial charge in [-0.25, -0.2) is 4.79 Å². The summed E-state index contributed by atoms with van der Waals surface area (Å²) in [5.74, 6) is 0. The fourth-order valence-electron chi connectivity index (χ4n) is 1.93. The van der Waals surface area contributed by atoms with Crippen LogP contribution in [0, 0.1) is 0 Å². The zero-order chi connectivity index (χ0) is 10.4. The molecule has 1 saturated heterocycles. The first-order valence-electron chi connectivity index (χ1n) is 5.42. The van der Waals surface area contributed by atoms with E-state index in [0.717, 1.165) is 13.1 Å². The van der Waals surface area contributed by atoms with Crippen LogP contribution < -0.4 is 5.32 Å². The van der Waals surface area contributed by atoms with Crippen molar-refractivity contribution in [2.45, 2.75) is 32.7 Å². The lowest BCUT2D eigenvalue weighted by atomic mass is 10.2. The summed E-state index contributed by atoms with van der Waals surface area (Å²) in [4.78, 5) is 13.4. The van der Waals surface area contributed by atoms with Crippen molar-refractivity contribution in [3.63, 3.8) is 0 Å². The maximum Gasteiger partial charge on any atom is 0.407 e. The van der Waals surface area contributed by atoms with E-state index < -0.39 is 0 Å². The Kier molecular flexibility index (Phi) is 4.73. The van der Waals surface area contributed by atoms with Gasteiger partial charge in [-0.3, -0.25) is 4.90 Å². The van der Waals surface area contributed by atoms with Crippen LogP contribution in [0.1, 0.15) is 26.7 Å². The number of hydrogen-bond donors (Lipinski definition) is 1. The van der Waals surface area contributed by atoms with Crippen LogP contribution >= 0.6 is 0 Å². The van der Waals surface area contributed by atoms with E-state index in [1.807, 2.05) is 6.92 Å². The van der Waals surface area contributed by atoms with Gasteiger partial charge in [0.05, 0.1) is 6.61 Å². The van der Waals surface area contributed by atoms with Crippen molar-refractivity contribution in [3.8, 4) is 0 Å². The zero-order valence-electron chi connectivity index (χ0n) is 9.08. The van der Waals surface area contributed by atoms with Crippen LogP contribution in [0.2, 0.25) is 0 Å². The van der Waals surface area contributed by atoms with Crippen LogP contribution in [0.3, 0.4) is 0 Å². The van der Waals surface area contributed by atoms with Crippen molar-refractivity contribution >= 4 is 6.09 Å². The third-order valence-electron chi connectivity index (χ3n) is 2.66. The van der Waals surface area contributed by atoms with E-state index in [2.05, 4.69) is 17.1 Å². The number of likely N-dealkylation sites (N-methyl/N-ethyl adjacent to an activating group) is 1. The highest BCUT2D eigenvalue weighted by molar-refractivity contribution is 5.67. The minimum absolute atomic E-state index is 0.296. The topological polar surface area (TPSA) is 41.6 Å². The van der Waals surface area contributed by atoms with Crippen molar-refractivity contribution < 1.29 is 9.53 Å². The van der Waals surface area contributed by atoms with Gasteiger partial charge < -0.3 is 10.1 Å². The Morgan fingerprint density at radius 2 is 2.36 bits per heavy atom. The third-order valence-corrected chi connectivity index (χ3v) is 2.66. The predicted molar refractivity (Wildman–Crippen MR) is 55.3 cm³/mol. The molecule has 0 aliphatic carbocycles. The van der Waals surface area contributed by atoms with Gasteiger partial charge in [0.1, 0.15) is 0 Å². The molecule has 0 aromatic carbocycles. The van der Waals surface area contributed by atoms with Gasteiger partial charge in [0.25, 0.3) is 0 Å². The molecule has 1 N–H and O–H groups in total. The molecule has 82 valence electrons. The molecule has 1 unspecified atom stereocenters. The maximum atomic E-state index is 11.0. The first-order valence-corrected chi connectivity index (χ1v) is 5.42. The normalized spacial score (nSPS) is 22.3. The van der Waals surface area contributed by atoms with Gasteiger partial charge in [-0.1, -0.05) is 6.92 Å². The summed E-state index contributed by atoms with van der Waals surface area (Å²) in [6, 6.07) is 0.504. The maximum absolute atomic E-state index is 11.0. The largest absolute Gasteiger partial charge is 0.450 e. The van der Waals surface area contributed by atoms with Crippen molar-refractivity contribution in [1.82, 2.24) is 10.2 Å². The monoisotopic (exact) mass is 200 g/mol. The second-order valence-corrected chi connectivity index (χ2v) is 3.53. The van der Waals surface area contributed by atoms with E-state index in [9.17, 15) is 4.79 Å². The van der Waals surface area contributed by atoms with Gasteiger partial charge in [0.2, 0.25) is 0 Å². The average molecular weight is 200 g/mol.